The molecule has 0 amide bonds. The molecular weight excluding hydrogens is 132 g/mol. The van der Waals surface area contributed by atoms with Gasteiger partial charge in [-0.2, -0.15) is 0 Å². The van der Waals surface area contributed by atoms with E-state index < -0.39 is 0 Å². The number of rotatable bonds is 3. The van der Waals surface area contributed by atoms with Crippen LogP contribution >= 0.6 is 0 Å². The molecular formula is C11H20. The molecule has 0 heteroatoms. The Morgan fingerprint density at radius 1 is 1.36 bits per heavy atom. The van der Waals surface area contributed by atoms with Crippen LogP contribution in [-0.2, 0) is 0 Å². The minimum absolute atomic E-state index is 1.04. The smallest absolute Gasteiger partial charge is 0.0286 e. The van der Waals surface area contributed by atoms with E-state index in [1.165, 1.54) is 32.1 Å². The standard InChI is InChI=1S/C11H20/c1-4-5-6-10-7-11(8-10)9(2)3/h10H,4-8H2,1-3H3. The highest BCUT2D eigenvalue weighted by Gasteiger charge is 2.22. The van der Waals surface area contributed by atoms with Gasteiger partial charge < -0.3 is 0 Å². The molecule has 1 saturated carbocycles. The predicted octanol–water partition coefficient (Wildman–Crippen LogP) is 3.92. The quantitative estimate of drug-likeness (QED) is 0.538. The van der Waals surface area contributed by atoms with Gasteiger partial charge in [0.25, 0.3) is 0 Å². The Morgan fingerprint density at radius 2 is 2.00 bits per heavy atom. The van der Waals surface area contributed by atoms with Gasteiger partial charge in [0.1, 0.15) is 0 Å². The fourth-order valence-electron chi connectivity index (χ4n) is 1.74. The first kappa shape index (κ1) is 8.83. The molecule has 1 aliphatic carbocycles. The van der Waals surface area contributed by atoms with E-state index in [1.807, 2.05) is 0 Å². The summed E-state index contributed by atoms with van der Waals surface area (Å²) in [6.07, 6.45) is 7.07. The van der Waals surface area contributed by atoms with Crippen LogP contribution in [0.2, 0.25) is 0 Å². The highest BCUT2D eigenvalue weighted by atomic mass is 14.3. The fraction of sp³-hybridized carbons (Fsp3) is 0.818. The van der Waals surface area contributed by atoms with Gasteiger partial charge in [-0.3, -0.25) is 0 Å². The van der Waals surface area contributed by atoms with Gasteiger partial charge >= 0.3 is 0 Å². The van der Waals surface area contributed by atoms with Crippen LogP contribution in [0.4, 0.5) is 0 Å². The molecule has 1 fully saturated rings. The van der Waals surface area contributed by atoms with Crippen molar-refractivity contribution in [3.63, 3.8) is 0 Å². The van der Waals surface area contributed by atoms with Gasteiger partial charge in [0.2, 0.25) is 0 Å². The van der Waals surface area contributed by atoms with Crippen molar-refractivity contribution < 1.29 is 0 Å². The molecule has 0 heterocycles. The Kier molecular flexibility index (Phi) is 3.16. The van der Waals surface area contributed by atoms with Gasteiger partial charge in [-0.05, 0) is 39.0 Å². The molecule has 0 unspecified atom stereocenters. The van der Waals surface area contributed by atoms with Crippen LogP contribution in [0.3, 0.4) is 0 Å². The second-order valence-corrected chi connectivity index (χ2v) is 4.02. The van der Waals surface area contributed by atoms with Crippen LogP contribution in [0.5, 0.6) is 0 Å². The molecule has 0 bridgehead atoms. The second-order valence-electron chi connectivity index (χ2n) is 4.02. The van der Waals surface area contributed by atoms with Crippen LogP contribution in [0.1, 0.15) is 52.9 Å². The molecule has 0 nitrogen and oxygen atoms in total. The van der Waals surface area contributed by atoms with Crippen LogP contribution in [0.15, 0.2) is 11.1 Å². The number of hydrogen-bond donors (Lipinski definition) is 0. The summed E-state index contributed by atoms with van der Waals surface area (Å²) in [7, 11) is 0. The summed E-state index contributed by atoms with van der Waals surface area (Å²) in [6.45, 7) is 6.76. The molecule has 64 valence electrons. The Labute approximate surface area is 70.7 Å². The highest BCUT2D eigenvalue weighted by molar-refractivity contribution is 5.18. The van der Waals surface area contributed by atoms with Crippen molar-refractivity contribution in [3.05, 3.63) is 11.1 Å². The van der Waals surface area contributed by atoms with Crippen LogP contribution in [-0.4, -0.2) is 0 Å². The largest absolute Gasteiger partial charge is 0.0772 e. The normalized spacial score (nSPS) is 23.2. The van der Waals surface area contributed by atoms with Crippen molar-refractivity contribution in [1.29, 1.82) is 0 Å². The Morgan fingerprint density at radius 3 is 2.45 bits per heavy atom. The molecule has 0 saturated heterocycles. The van der Waals surface area contributed by atoms with E-state index >= 15 is 0 Å². The number of unbranched alkanes of at least 4 members (excludes halogenated alkanes) is 1. The van der Waals surface area contributed by atoms with E-state index in [4.69, 9.17) is 0 Å². The molecule has 1 aliphatic rings. The van der Waals surface area contributed by atoms with Crippen LogP contribution in [0.25, 0.3) is 0 Å². The topological polar surface area (TPSA) is 0 Å². The minimum atomic E-state index is 1.04. The zero-order chi connectivity index (χ0) is 8.27. The Bertz CT molecular complexity index is 141. The monoisotopic (exact) mass is 152 g/mol. The third kappa shape index (κ3) is 2.36. The summed E-state index contributed by atoms with van der Waals surface area (Å²) in [5, 5.41) is 0. The lowest BCUT2D eigenvalue weighted by atomic mass is 9.75. The molecule has 0 aromatic heterocycles. The van der Waals surface area contributed by atoms with Crippen molar-refractivity contribution in [2.45, 2.75) is 52.9 Å². The van der Waals surface area contributed by atoms with Gasteiger partial charge in [-0.25, -0.2) is 0 Å². The average molecular weight is 152 g/mol. The molecule has 0 aromatic carbocycles. The molecule has 0 atom stereocenters. The number of allylic oxidation sites excluding steroid dienone is 2. The second kappa shape index (κ2) is 3.94. The van der Waals surface area contributed by atoms with Crippen LogP contribution in [0, 0.1) is 5.92 Å². The summed E-state index contributed by atoms with van der Waals surface area (Å²) in [6, 6.07) is 0. The summed E-state index contributed by atoms with van der Waals surface area (Å²) >= 11 is 0. The zero-order valence-corrected chi connectivity index (χ0v) is 8.11. The van der Waals surface area contributed by atoms with Gasteiger partial charge in [0.05, 0.1) is 0 Å². The third-order valence-electron chi connectivity index (χ3n) is 2.74. The highest BCUT2D eigenvalue weighted by Crippen LogP contribution is 2.38. The van der Waals surface area contributed by atoms with Crippen LogP contribution < -0.4 is 0 Å². The summed E-state index contributed by atoms with van der Waals surface area (Å²) < 4.78 is 0. The maximum Gasteiger partial charge on any atom is -0.0286 e. The number of hydrogen-bond acceptors (Lipinski definition) is 0. The maximum atomic E-state index is 2.28. The molecule has 0 N–H and O–H groups in total. The fourth-order valence-corrected chi connectivity index (χ4v) is 1.74. The van der Waals surface area contributed by atoms with Gasteiger partial charge in [-0.1, -0.05) is 30.9 Å². The summed E-state index contributed by atoms with van der Waals surface area (Å²) in [4.78, 5) is 0. The molecule has 11 heavy (non-hydrogen) atoms. The molecule has 1 rings (SSSR count). The van der Waals surface area contributed by atoms with Gasteiger partial charge in [0.15, 0.2) is 0 Å². The van der Waals surface area contributed by atoms with E-state index in [9.17, 15) is 0 Å². The Hall–Kier alpha value is -0.260. The lowest BCUT2D eigenvalue weighted by Gasteiger charge is -2.30. The van der Waals surface area contributed by atoms with Crippen molar-refractivity contribution >= 4 is 0 Å². The van der Waals surface area contributed by atoms with Gasteiger partial charge in [0, 0.05) is 0 Å². The van der Waals surface area contributed by atoms with Crippen molar-refractivity contribution in [2.24, 2.45) is 5.92 Å². The lowest BCUT2D eigenvalue weighted by molar-refractivity contribution is 0.373. The van der Waals surface area contributed by atoms with E-state index in [0.717, 1.165) is 5.92 Å². The zero-order valence-electron chi connectivity index (χ0n) is 8.11. The summed E-state index contributed by atoms with van der Waals surface area (Å²) in [5.74, 6) is 1.04. The lowest BCUT2D eigenvalue weighted by Crippen LogP contribution is -2.15. The van der Waals surface area contributed by atoms with Gasteiger partial charge in [-0.15, -0.1) is 0 Å². The predicted molar refractivity (Wildman–Crippen MR) is 50.6 cm³/mol. The van der Waals surface area contributed by atoms with E-state index in [2.05, 4.69) is 20.8 Å². The first-order chi connectivity index (χ1) is 5.24. The van der Waals surface area contributed by atoms with Crippen molar-refractivity contribution in [1.82, 2.24) is 0 Å². The molecule has 0 aromatic rings. The van der Waals surface area contributed by atoms with E-state index in [0.29, 0.717) is 0 Å². The summed E-state index contributed by atoms with van der Waals surface area (Å²) in [5.41, 5.74) is 3.30. The molecule has 0 aliphatic heterocycles. The molecule has 0 spiro atoms. The minimum Gasteiger partial charge on any atom is -0.0772 e. The molecule has 0 radical (unpaired) electrons. The third-order valence-corrected chi connectivity index (χ3v) is 2.74. The Balaban J connectivity index is 2.14. The average Bonchev–Trinajstić information content (AvgIpc) is 1.84. The van der Waals surface area contributed by atoms with Crippen molar-refractivity contribution in [3.8, 4) is 0 Å². The first-order valence-electron chi connectivity index (χ1n) is 4.89. The van der Waals surface area contributed by atoms with E-state index in [-0.39, 0.29) is 0 Å². The SMILES string of the molecule is CCCCC1CC(=C(C)C)C1. The van der Waals surface area contributed by atoms with Crippen molar-refractivity contribution in [2.75, 3.05) is 0 Å². The first-order valence-corrected chi connectivity index (χ1v) is 4.89. The van der Waals surface area contributed by atoms with E-state index in [1.54, 1.807) is 11.1 Å². The maximum absolute atomic E-state index is 2.28.